The molecule has 0 N–H and O–H groups in total. The van der Waals surface area contributed by atoms with Gasteiger partial charge in [0.25, 0.3) is 0 Å². The number of anilines is 1. The predicted octanol–water partition coefficient (Wildman–Crippen LogP) is 6.36. The number of hydrogen-bond donors (Lipinski definition) is 0. The fraction of sp³-hybridized carbons (Fsp3) is 0.765. The highest BCUT2D eigenvalue weighted by Crippen LogP contribution is 2.22. The molecular formula is C34H59NO8. The van der Waals surface area contributed by atoms with Crippen LogP contribution in [0, 0.1) is 0 Å². The average molecular weight is 610 g/mol. The van der Waals surface area contributed by atoms with Gasteiger partial charge in [-0.25, -0.2) is 0 Å². The number of benzene rings is 1. The molecule has 0 radical (unpaired) electrons. The van der Waals surface area contributed by atoms with Gasteiger partial charge in [0.2, 0.25) is 0 Å². The summed E-state index contributed by atoms with van der Waals surface area (Å²) in [6, 6.07) is 10.3. The summed E-state index contributed by atoms with van der Waals surface area (Å²) in [6.45, 7) is 23.6. The van der Waals surface area contributed by atoms with Gasteiger partial charge >= 0.3 is 11.9 Å². The van der Waals surface area contributed by atoms with Crippen LogP contribution in [0.2, 0.25) is 0 Å². The molecule has 1 rings (SSSR count). The minimum atomic E-state index is -0.378. The lowest BCUT2D eigenvalue weighted by molar-refractivity contribution is -0.144. The lowest BCUT2D eigenvalue weighted by Crippen LogP contribution is -2.37. The Hall–Kier alpha value is -2.20. The number of para-hydroxylation sites is 1. The highest BCUT2D eigenvalue weighted by Gasteiger charge is 2.25. The van der Waals surface area contributed by atoms with E-state index in [0.717, 1.165) is 31.6 Å². The molecule has 0 saturated heterocycles. The minimum Gasteiger partial charge on any atom is -0.466 e. The summed E-state index contributed by atoms with van der Waals surface area (Å²) in [6.07, 6.45) is 2.77. The molecule has 9 heteroatoms. The highest BCUT2D eigenvalue weighted by atomic mass is 16.5. The van der Waals surface area contributed by atoms with Crippen LogP contribution in [0.15, 0.2) is 30.3 Å². The SMILES string of the molecule is CC(=O)OCCC(C)(C)OCCC(C)(C)OCCN(CCOC(C)(C)CCOC(C)(C)CCOC(C)=O)c1ccccc1. The van der Waals surface area contributed by atoms with E-state index in [1.165, 1.54) is 13.8 Å². The van der Waals surface area contributed by atoms with Crippen molar-refractivity contribution in [3.63, 3.8) is 0 Å². The Kier molecular flexibility index (Phi) is 16.8. The summed E-state index contributed by atoms with van der Waals surface area (Å²) in [5.41, 5.74) is -0.327. The summed E-state index contributed by atoms with van der Waals surface area (Å²) in [5.74, 6) is -0.547. The van der Waals surface area contributed by atoms with Gasteiger partial charge in [0.1, 0.15) is 0 Å². The first kappa shape index (κ1) is 38.8. The molecular weight excluding hydrogens is 550 g/mol. The van der Waals surface area contributed by atoms with E-state index in [1.807, 2.05) is 45.9 Å². The van der Waals surface area contributed by atoms with Crippen molar-refractivity contribution in [2.24, 2.45) is 0 Å². The zero-order chi connectivity index (χ0) is 32.6. The molecule has 0 aliphatic carbocycles. The zero-order valence-electron chi connectivity index (χ0n) is 28.6. The third kappa shape index (κ3) is 19.6. The molecule has 0 aliphatic rings. The second kappa shape index (κ2) is 18.6. The summed E-state index contributed by atoms with van der Waals surface area (Å²) in [4.78, 5) is 24.3. The van der Waals surface area contributed by atoms with E-state index in [9.17, 15) is 9.59 Å². The number of carbonyl (C=O) groups excluding carboxylic acids is 2. The van der Waals surface area contributed by atoms with Crippen LogP contribution in [-0.4, -0.2) is 87.1 Å². The van der Waals surface area contributed by atoms with Crippen molar-refractivity contribution in [3.05, 3.63) is 30.3 Å². The van der Waals surface area contributed by atoms with E-state index in [1.54, 1.807) is 0 Å². The molecule has 0 atom stereocenters. The first-order valence-electron chi connectivity index (χ1n) is 15.5. The molecule has 0 amide bonds. The van der Waals surface area contributed by atoms with Crippen molar-refractivity contribution >= 4 is 17.6 Å². The number of ether oxygens (including phenoxy) is 6. The normalized spacial score (nSPS) is 12.7. The summed E-state index contributed by atoms with van der Waals surface area (Å²) in [5, 5.41) is 0. The van der Waals surface area contributed by atoms with Crippen molar-refractivity contribution in [3.8, 4) is 0 Å². The third-order valence-electron chi connectivity index (χ3n) is 7.24. The van der Waals surface area contributed by atoms with Crippen LogP contribution in [0.25, 0.3) is 0 Å². The largest absolute Gasteiger partial charge is 0.466 e. The Morgan fingerprint density at radius 1 is 0.535 bits per heavy atom. The van der Waals surface area contributed by atoms with E-state index in [2.05, 4.69) is 44.7 Å². The average Bonchev–Trinajstić information content (AvgIpc) is 2.87. The standard InChI is InChI=1S/C34H59NO8/c1-28(36)38-22-16-31(3,4)40-24-18-33(7,8)42-26-20-35(30-14-12-11-13-15-30)21-27-43-34(9,10)19-25-41-32(5,6)17-23-39-29(2)37/h11-15H,16-27H2,1-10H3. The maximum absolute atomic E-state index is 11.0. The van der Waals surface area contributed by atoms with Gasteiger partial charge in [-0.05, 0) is 80.4 Å². The Bertz CT molecular complexity index is 874. The maximum atomic E-state index is 11.0. The molecule has 1 aromatic carbocycles. The quantitative estimate of drug-likeness (QED) is 0.131. The first-order chi connectivity index (χ1) is 19.9. The Labute approximate surface area is 260 Å². The van der Waals surface area contributed by atoms with Crippen LogP contribution in [-0.2, 0) is 38.0 Å². The molecule has 0 bridgehead atoms. The van der Waals surface area contributed by atoms with Crippen molar-refractivity contribution in [1.82, 2.24) is 0 Å². The second-order valence-electron chi connectivity index (χ2n) is 13.4. The summed E-state index contributed by atoms with van der Waals surface area (Å²) in [7, 11) is 0. The Balaban J connectivity index is 2.51. The smallest absolute Gasteiger partial charge is 0.302 e. The van der Waals surface area contributed by atoms with Crippen LogP contribution in [0.3, 0.4) is 0 Å². The second-order valence-corrected chi connectivity index (χ2v) is 13.4. The van der Waals surface area contributed by atoms with E-state index >= 15 is 0 Å². The molecule has 1 aromatic rings. The summed E-state index contributed by atoms with van der Waals surface area (Å²) >= 11 is 0. The van der Waals surface area contributed by atoms with Crippen molar-refractivity contribution in [2.45, 2.75) is 117 Å². The summed E-state index contributed by atoms with van der Waals surface area (Å²) < 4.78 is 34.9. The molecule has 0 spiro atoms. The van der Waals surface area contributed by atoms with Gasteiger partial charge in [-0.1, -0.05) is 18.2 Å². The van der Waals surface area contributed by atoms with Crippen molar-refractivity contribution < 1.29 is 38.0 Å². The van der Waals surface area contributed by atoms with E-state index < -0.39 is 0 Å². The van der Waals surface area contributed by atoms with Crippen LogP contribution in [0.1, 0.15) is 94.9 Å². The first-order valence-corrected chi connectivity index (χ1v) is 15.5. The fourth-order valence-corrected chi connectivity index (χ4v) is 4.19. The number of esters is 2. The van der Waals surface area contributed by atoms with Gasteiger partial charge in [0.15, 0.2) is 0 Å². The monoisotopic (exact) mass is 609 g/mol. The lowest BCUT2D eigenvalue weighted by atomic mass is 10.0. The molecule has 0 aliphatic heterocycles. The molecule has 0 heterocycles. The van der Waals surface area contributed by atoms with E-state index in [4.69, 9.17) is 28.4 Å². The van der Waals surface area contributed by atoms with Gasteiger partial charge in [0, 0.05) is 45.5 Å². The van der Waals surface area contributed by atoms with Gasteiger partial charge in [-0.3, -0.25) is 9.59 Å². The molecule has 9 nitrogen and oxygen atoms in total. The number of hydrogen-bond acceptors (Lipinski definition) is 9. The molecule has 248 valence electrons. The Morgan fingerprint density at radius 3 is 1.21 bits per heavy atom. The number of carbonyl (C=O) groups is 2. The third-order valence-corrected chi connectivity index (χ3v) is 7.24. The van der Waals surface area contributed by atoms with E-state index in [-0.39, 0.29) is 34.3 Å². The lowest BCUT2D eigenvalue weighted by Gasteiger charge is -2.32. The van der Waals surface area contributed by atoms with Crippen molar-refractivity contribution in [1.29, 1.82) is 0 Å². The van der Waals surface area contributed by atoms with Gasteiger partial charge in [0.05, 0.1) is 62.0 Å². The maximum Gasteiger partial charge on any atom is 0.302 e. The number of rotatable bonds is 23. The highest BCUT2D eigenvalue weighted by molar-refractivity contribution is 5.66. The minimum absolute atomic E-state index is 0.273. The Morgan fingerprint density at radius 2 is 0.860 bits per heavy atom. The molecule has 0 aromatic heterocycles. The molecule has 0 saturated carbocycles. The number of nitrogens with zero attached hydrogens (tertiary/aromatic N) is 1. The zero-order valence-corrected chi connectivity index (χ0v) is 28.6. The van der Waals surface area contributed by atoms with Gasteiger partial charge < -0.3 is 33.3 Å². The van der Waals surface area contributed by atoms with Crippen LogP contribution < -0.4 is 4.90 Å². The molecule has 0 fully saturated rings. The van der Waals surface area contributed by atoms with Crippen molar-refractivity contribution in [2.75, 3.05) is 57.6 Å². The topological polar surface area (TPSA) is 92.8 Å². The molecule has 0 unspecified atom stereocenters. The van der Waals surface area contributed by atoms with Gasteiger partial charge in [-0.15, -0.1) is 0 Å². The van der Waals surface area contributed by atoms with Gasteiger partial charge in [-0.2, -0.15) is 0 Å². The molecule has 43 heavy (non-hydrogen) atoms. The fourth-order valence-electron chi connectivity index (χ4n) is 4.19. The van der Waals surface area contributed by atoms with Crippen LogP contribution in [0.4, 0.5) is 5.69 Å². The van der Waals surface area contributed by atoms with Crippen LogP contribution >= 0.6 is 0 Å². The predicted molar refractivity (Wildman–Crippen MR) is 171 cm³/mol. The van der Waals surface area contributed by atoms with Crippen LogP contribution in [0.5, 0.6) is 0 Å². The van der Waals surface area contributed by atoms with E-state index in [0.29, 0.717) is 52.5 Å².